The topological polar surface area (TPSA) is 64.4 Å². The van der Waals surface area contributed by atoms with Gasteiger partial charge in [-0.1, -0.05) is 25.1 Å². The van der Waals surface area contributed by atoms with Crippen LogP contribution in [0.15, 0.2) is 24.3 Å². The summed E-state index contributed by atoms with van der Waals surface area (Å²) in [6.45, 7) is 2.26. The van der Waals surface area contributed by atoms with Gasteiger partial charge >= 0.3 is 0 Å². The first-order chi connectivity index (χ1) is 7.69. The molecule has 0 saturated carbocycles. The number of ether oxygens (including phenoxy) is 1. The smallest absolute Gasteiger partial charge is 0.243 e. The van der Waals surface area contributed by atoms with Crippen molar-refractivity contribution in [3.63, 3.8) is 0 Å². The van der Waals surface area contributed by atoms with E-state index in [9.17, 15) is 4.79 Å². The molecule has 0 aliphatic rings. The molecule has 0 aromatic heterocycles. The highest BCUT2D eigenvalue weighted by Crippen LogP contribution is 2.15. The van der Waals surface area contributed by atoms with E-state index in [2.05, 4.69) is 5.32 Å². The first-order valence-corrected chi connectivity index (χ1v) is 5.32. The first kappa shape index (κ1) is 12.7. The molecule has 1 aromatic rings. The molecule has 3 N–H and O–H groups in total. The fourth-order valence-electron chi connectivity index (χ4n) is 1.43. The van der Waals surface area contributed by atoms with E-state index in [0.717, 1.165) is 17.7 Å². The van der Waals surface area contributed by atoms with Gasteiger partial charge in [0.25, 0.3) is 0 Å². The van der Waals surface area contributed by atoms with Gasteiger partial charge in [0.2, 0.25) is 5.91 Å². The van der Waals surface area contributed by atoms with Crippen molar-refractivity contribution in [1.29, 1.82) is 0 Å². The number of para-hydroxylation sites is 1. The first-order valence-electron chi connectivity index (χ1n) is 5.32. The van der Waals surface area contributed by atoms with E-state index in [1.807, 2.05) is 31.2 Å². The van der Waals surface area contributed by atoms with Crippen LogP contribution in [0.5, 0.6) is 0 Å². The van der Waals surface area contributed by atoms with Crippen molar-refractivity contribution in [1.82, 2.24) is 0 Å². The molecular weight excluding hydrogens is 204 g/mol. The summed E-state index contributed by atoms with van der Waals surface area (Å²) in [5.41, 5.74) is 7.55. The number of methoxy groups -OCH3 is 1. The summed E-state index contributed by atoms with van der Waals surface area (Å²) < 4.78 is 4.83. The highest BCUT2D eigenvalue weighted by molar-refractivity contribution is 5.95. The van der Waals surface area contributed by atoms with E-state index in [0.29, 0.717) is 0 Å². The normalized spacial score (nSPS) is 12.2. The molecule has 4 nitrogen and oxygen atoms in total. The minimum atomic E-state index is -0.630. The number of aryl methyl sites for hydroxylation is 1. The number of amides is 1. The molecule has 1 rings (SSSR count). The number of nitrogens with two attached hydrogens (primary N) is 1. The van der Waals surface area contributed by atoms with Crippen LogP contribution in [0.4, 0.5) is 5.69 Å². The van der Waals surface area contributed by atoms with Crippen LogP contribution in [0, 0.1) is 0 Å². The molecule has 0 saturated heterocycles. The van der Waals surface area contributed by atoms with Crippen molar-refractivity contribution in [2.24, 2.45) is 5.73 Å². The van der Waals surface area contributed by atoms with Gasteiger partial charge in [0.15, 0.2) is 0 Å². The van der Waals surface area contributed by atoms with Crippen LogP contribution < -0.4 is 11.1 Å². The zero-order valence-electron chi connectivity index (χ0n) is 9.69. The van der Waals surface area contributed by atoms with Crippen LogP contribution in [0.3, 0.4) is 0 Å². The molecule has 1 amide bonds. The molecular formula is C12H18N2O2. The minimum Gasteiger partial charge on any atom is -0.383 e. The van der Waals surface area contributed by atoms with Crippen molar-refractivity contribution >= 4 is 11.6 Å². The Kier molecular flexibility index (Phi) is 4.95. The fourth-order valence-corrected chi connectivity index (χ4v) is 1.43. The Bertz CT molecular complexity index is 353. The number of hydrogen-bond donors (Lipinski definition) is 2. The summed E-state index contributed by atoms with van der Waals surface area (Å²) in [4.78, 5) is 11.7. The van der Waals surface area contributed by atoms with Crippen LogP contribution in [0.2, 0.25) is 0 Å². The van der Waals surface area contributed by atoms with Crippen molar-refractivity contribution in [3.8, 4) is 0 Å². The summed E-state index contributed by atoms with van der Waals surface area (Å²) in [7, 11) is 1.52. The SMILES string of the molecule is CCc1ccccc1NC(=O)C(N)COC. The summed E-state index contributed by atoms with van der Waals surface area (Å²) in [5.74, 6) is -0.220. The maximum absolute atomic E-state index is 11.7. The highest BCUT2D eigenvalue weighted by Gasteiger charge is 2.13. The Morgan fingerprint density at radius 2 is 2.19 bits per heavy atom. The number of benzene rings is 1. The summed E-state index contributed by atoms with van der Waals surface area (Å²) in [6, 6.07) is 7.06. The van der Waals surface area contributed by atoms with Crippen molar-refractivity contribution in [2.75, 3.05) is 19.0 Å². The zero-order chi connectivity index (χ0) is 12.0. The lowest BCUT2D eigenvalue weighted by Gasteiger charge is -2.13. The number of anilines is 1. The molecule has 1 unspecified atom stereocenters. The second-order valence-electron chi connectivity index (χ2n) is 3.56. The molecule has 4 heteroatoms. The van der Waals surface area contributed by atoms with Gasteiger partial charge in [-0.3, -0.25) is 4.79 Å². The van der Waals surface area contributed by atoms with Crippen molar-refractivity contribution in [2.45, 2.75) is 19.4 Å². The van der Waals surface area contributed by atoms with Gasteiger partial charge < -0.3 is 15.8 Å². The summed E-state index contributed by atoms with van der Waals surface area (Å²) in [6.07, 6.45) is 0.871. The van der Waals surface area contributed by atoms with Crippen molar-refractivity contribution in [3.05, 3.63) is 29.8 Å². The molecule has 1 aromatic carbocycles. The molecule has 0 heterocycles. The number of nitrogens with one attached hydrogen (secondary N) is 1. The molecule has 88 valence electrons. The van der Waals surface area contributed by atoms with Gasteiger partial charge in [-0.05, 0) is 18.1 Å². The largest absolute Gasteiger partial charge is 0.383 e. The van der Waals surface area contributed by atoms with Gasteiger partial charge in [-0.15, -0.1) is 0 Å². The van der Waals surface area contributed by atoms with E-state index in [1.165, 1.54) is 7.11 Å². The van der Waals surface area contributed by atoms with E-state index in [4.69, 9.17) is 10.5 Å². The number of hydrogen-bond acceptors (Lipinski definition) is 3. The summed E-state index contributed by atoms with van der Waals surface area (Å²) in [5, 5.41) is 2.80. The van der Waals surface area contributed by atoms with Crippen LogP contribution in [0.25, 0.3) is 0 Å². The average molecular weight is 222 g/mol. The fraction of sp³-hybridized carbons (Fsp3) is 0.417. The molecule has 0 fully saturated rings. The predicted molar refractivity (Wildman–Crippen MR) is 64.3 cm³/mol. The number of carbonyl (C=O) groups excluding carboxylic acids is 1. The van der Waals surface area contributed by atoms with Crippen LogP contribution >= 0.6 is 0 Å². The van der Waals surface area contributed by atoms with Gasteiger partial charge in [0, 0.05) is 12.8 Å². The van der Waals surface area contributed by atoms with E-state index < -0.39 is 6.04 Å². The van der Waals surface area contributed by atoms with Crippen LogP contribution in [-0.4, -0.2) is 25.7 Å². The Labute approximate surface area is 95.8 Å². The number of rotatable bonds is 5. The standard InChI is InChI=1S/C12H18N2O2/c1-3-9-6-4-5-7-11(9)14-12(15)10(13)8-16-2/h4-7,10H,3,8,13H2,1-2H3,(H,14,15). The zero-order valence-corrected chi connectivity index (χ0v) is 9.69. The Balaban J connectivity index is 2.69. The molecule has 0 aliphatic heterocycles. The highest BCUT2D eigenvalue weighted by atomic mass is 16.5. The third kappa shape index (κ3) is 3.32. The van der Waals surface area contributed by atoms with Gasteiger partial charge in [0.1, 0.15) is 6.04 Å². The molecule has 0 bridgehead atoms. The maximum atomic E-state index is 11.7. The van der Waals surface area contributed by atoms with E-state index in [1.54, 1.807) is 0 Å². The molecule has 16 heavy (non-hydrogen) atoms. The lowest BCUT2D eigenvalue weighted by atomic mass is 10.1. The monoisotopic (exact) mass is 222 g/mol. The average Bonchev–Trinajstić information content (AvgIpc) is 2.30. The third-order valence-corrected chi connectivity index (χ3v) is 2.34. The summed E-state index contributed by atoms with van der Waals surface area (Å²) >= 11 is 0. The molecule has 0 spiro atoms. The molecule has 0 radical (unpaired) electrons. The van der Waals surface area contributed by atoms with Gasteiger partial charge in [0.05, 0.1) is 6.61 Å². The predicted octanol–water partition coefficient (Wildman–Crippen LogP) is 1.16. The third-order valence-electron chi connectivity index (χ3n) is 2.34. The minimum absolute atomic E-state index is 0.220. The lowest BCUT2D eigenvalue weighted by molar-refractivity contribution is -0.118. The molecule has 0 aliphatic carbocycles. The second-order valence-corrected chi connectivity index (χ2v) is 3.56. The van der Waals surface area contributed by atoms with E-state index >= 15 is 0 Å². The van der Waals surface area contributed by atoms with Crippen LogP contribution in [-0.2, 0) is 16.0 Å². The van der Waals surface area contributed by atoms with Crippen molar-refractivity contribution < 1.29 is 9.53 Å². The quantitative estimate of drug-likeness (QED) is 0.785. The maximum Gasteiger partial charge on any atom is 0.243 e. The van der Waals surface area contributed by atoms with Gasteiger partial charge in [-0.2, -0.15) is 0 Å². The van der Waals surface area contributed by atoms with E-state index in [-0.39, 0.29) is 12.5 Å². The van der Waals surface area contributed by atoms with Crippen LogP contribution in [0.1, 0.15) is 12.5 Å². The second kappa shape index (κ2) is 6.25. The Morgan fingerprint density at radius 1 is 1.50 bits per heavy atom. The van der Waals surface area contributed by atoms with Gasteiger partial charge in [-0.25, -0.2) is 0 Å². The Hall–Kier alpha value is -1.39. The molecule has 1 atom stereocenters. The lowest BCUT2D eigenvalue weighted by Crippen LogP contribution is -2.39. The Morgan fingerprint density at radius 3 is 2.81 bits per heavy atom. The number of carbonyl (C=O) groups is 1.